The molecule has 0 aliphatic heterocycles. The SMILES string of the molecule is CCOc1cccc(CNC(=NC)NCc2cccc(OC)c2OC)c1OC(F)F. The summed E-state index contributed by atoms with van der Waals surface area (Å²) in [7, 11) is 4.76. The van der Waals surface area contributed by atoms with E-state index in [0.29, 0.717) is 36.2 Å². The fourth-order valence-electron chi connectivity index (χ4n) is 2.86. The fraction of sp³-hybridized carbons (Fsp3) is 0.381. The number of benzene rings is 2. The number of alkyl halides is 2. The minimum absolute atomic E-state index is 0.00627. The molecule has 0 heterocycles. The number of halogens is 2. The van der Waals surface area contributed by atoms with Crippen LogP contribution in [0.5, 0.6) is 23.0 Å². The van der Waals surface area contributed by atoms with Crippen LogP contribution in [-0.4, -0.2) is 40.4 Å². The highest BCUT2D eigenvalue weighted by Crippen LogP contribution is 2.33. The first-order valence-electron chi connectivity index (χ1n) is 9.37. The van der Waals surface area contributed by atoms with Gasteiger partial charge in [0.25, 0.3) is 0 Å². The van der Waals surface area contributed by atoms with Gasteiger partial charge >= 0.3 is 6.61 Å². The molecular weight excluding hydrogens is 396 g/mol. The summed E-state index contributed by atoms with van der Waals surface area (Å²) in [5.74, 6) is 2.00. The third kappa shape index (κ3) is 6.13. The zero-order valence-corrected chi connectivity index (χ0v) is 17.5. The van der Waals surface area contributed by atoms with E-state index in [1.54, 1.807) is 46.4 Å². The van der Waals surface area contributed by atoms with Crippen molar-refractivity contribution in [1.82, 2.24) is 10.6 Å². The van der Waals surface area contributed by atoms with Crippen LogP contribution < -0.4 is 29.6 Å². The molecule has 0 radical (unpaired) electrons. The summed E-state index contributed by atoms with van der Waals surface area (Å²) in [5.41, 5.74) is 1.39. The summed E-state index contributed by atoms with van der Waals surface area (Å²) in [6.45, 7) is -0.224. The molecule has 0 aliphatic carbocycles. The summed E-state index contributed by atoms with van der Waals surface area (Å²) < 4.78 is 46.6. The van der Waals surface area contributed by atoms with Crippen molar-refractivity contribution >= 4 is 5.96 Å². The van der Waals surface area contributed by atoms with Gasteiger partial charge in [-0.25, -0.2) is 0 Å². The quantitative estimate of drug-likeness (QED) is 0.450. The van der Waals surface area contributed by atoms with Gasteiger partial charge in [0, 0.05) is 31.3 Å². The van der Waals surface area contributed by atoms with Crippen LogP contribution in [0, 0.1) is 0 Å². The molecule has 7 nitrogen and oxygen atoms in total. The van der Waals surface area contributed by atoms with E-state index in [0.717, 1.165) is 5.56 Å². The van der Waals surface area contributed by atoms with Gasteiger partial charge in [0.15, 0.2) is 29.0 Å². The van der Waals surface area contributed by atoms with Crippen molar-refractivity contribution in [2.24, 2.45) is 4.99 Å². The summed E-state index contributed by atoms with van der Waals surface area (Å²) in [6, 6.07) is 10.6. The van der Waals surface area contributed by atoms with Crippen LogP contribution in [0.25, 0.3) is 0 Å². The average molecular weight is 423 g/mol. The Morgan fingerprint density at radius 1 is 0.933 bits per heavy atom. The lowest BCUT2D eigenvalue weighted by molar-refractivity contribution is -0.0520. The van der Waals surface area contributed by atoms with Crippen molar-refractivity contribution in [2.75, 3.05) is 27.9 Å². The van der Waals surface area contributed by atoms with E-state index in [1.165, 1.54) is 0 Å². The molecule has 0 atom stereocenters. The number of para-hydroxylation sites is 2. The maximum Gasteiger partial charge on any atom is 0.387 e. The summed E-state index contributed by atoms with van der Waals surface area (Å²) in [4.78, 5) is 4.17. The monoisotopic (exact) mass is 423 g/mol. The van der Waals surface area contributed by atoms with Crippen molar-refractivity contribution < 1.29 is 27.7 Å². The van der Waals surface area contributed by atoms with Crippen LogP contribution in [0.15, 0.2) is 41.4 Å². The first-order valence-corrected chi connectivity index (χ1v) is 9.37. The second kappa shape index (κ2) is 11.7. The van der Waals surface area contributed by atoms with Gasteiger partial charge in [0.1, 0.15) is 0 Å². The Morgan fingerprint density at radius 3 is 2.03 bits per heavy atom. The van der Waals surface area contributed by atoms with Gasteiger partial charge in [-0.05, 0) is 19.1 Å². The van der Waals surface area contributed by atoms with E-state index in [1.807, 2.05) is 18.2 Å². The zero-order chi connectivity index (χ0) is 21.9. The van der Waals surface area contributed by atoms with Crippen LogP contribution in [-0.2, 0) is 13.1 Å². The molecular formula is C21H27F2N3O4. The number of aliphatic imine (C=N–C) groups is 1. The Morgan fingerprint density at radius 2 is 1.53 bits per heavy atom. The van der Waals surface area contributed by atoms with E-state index in [4.69, 9.17) is 18.9 Å². The molecule has 0 amide bonds. The predicted molar refractivity (Wildman–Crippen MR) is 111 cm³/mol. The van der Waals surface area contributed by atoms with Crippen LogP contribution in [0.2, 0.25) is 0 Å². The molecule has 0 saturated carbocycles. The maximum absolute atomic E-state index is 12.9. The second-order valence-electron chi connectivity index (χ2n) is 5.99. The lowest BCUT2D eigenvalue weighted by Crippen LogP contribution is -2.36. The van der Waals surface area contributed by atoms with Gasteiger partial charge < -0.3 is 29.6 Å². The highest BCUT2D eigenvalue weighted by atomic mass is 19.3. The molecule has 30 heavy (non-hydrogen) atoms. The molecule has 0 spiro atoms. The smallest absolute Gasteiger partial charge is 0.387 e. The molecule has 2 aromatic rings. The van der Waals surface area contributed by atoms with Crippen molar-refractivity contribution in [3.8, 4) is 23.0 Å². The Hall–Kier alpha value is -3.23. The van der Waals surface area contributed by atoms with Gasteiger partial charge in [-0.1, -0.05) is 24.3 Å². The number of hydrogen-bond acceptors (Lipinski definition) is 5. The number of hydrogen-bond donors (Lipinski definition) is 2. The van der Waals surface area contributed by atoms with Crippen LogP contribution in [0.1, 0.15) is 18.1 Å². The molecule has 0 fully saturated rings. The molecule has 0 aliphatic rings. The Labute approximate surface area is 175 Å². The van der Waals surface area contributed by atoms with Gasteiger partial charge in [0.05, 0.1) is 20.8 Å². The third-order valence-corrected chi connectivity index (χ3v) is 4.17. The molecule has 0 bridgehead atoms. The third-order valence-electron chi connectivity index (χ3n) is 4.17. The lowest BCUT2D eigenvalue weighted by atomic mass is 10.1. The number of nitrogens with zero attached hydrogens (tertiary/aromatic N) is 1. The molecule has 0 saturated heterocycles. The number of ether oxygens (including phenoxy) is 4. The summed E-state index contributed by atoms with van der Waals surface area (Å²) in [5, 5.41) is 6.26. The molecule has 2 aromatic carbocycles. The van der Waals surface area contributed by atoms with Gasteiger partial charge in [-0.15, -0.1) is 0 Å². The molecule has 2 N–H and O–H groups in total. The first kappa shape index (κ1) is 23.1. The van der Waals surface area contributed by atoms with Crippen molar-refractivity contribution in [2.45, 2.75) is 26.6 Å². The maximum atomic E-state index is 12.9. The highest BCUT2D eigenvalue weighted by molar-refractivity contribution is 5.79. The average Bonchev–Trinajstić information content (AvgIpc) is 2.75. The predicted octanol–water partition coefficient (Wildman–Crippen LogP) is 3.57. The zero-order valence-electron chi connectivity index (χ0n) is 17.5. The van der Waals surface area contributed by atoms with Crippen LogP contribution in [0.3, 0.4) is 0 Å². The Bertz CT molecular complexity index is 847. The highest BCUT2D eigenvalue weighted by Gasteiger charge is 2.16. The van der Waals surface area contributed by atoms with Crippen LogP contribution in [0.4, 0.5) is 8.78 Å². The normalized spacial score (nSPS) is 11.2. The summed E-state index contributed by atoms with van der Waals surface area (Å²) >= 11 is 0. The van der Waals surface area contributed by atoms with Crippen LogP contribution >= 0.6 is 0 Å². The fourth-order valence-corrected chi connectivity index (χ4v) is 2.86. The van der Waals surface area contributed by atoms with E-state index in [9.17, 15) is 8.78 Å². The number of methoxy groups -OCH3 is 2. The first-order chi connectivity index (χ1) is 14.5. The minimum Gasteiger partial charge on any atom is -0.493 e. The Kier molecular flexibility index (Phi) is 8.99. The summed E-state index contributed by atoms with van der Waals surface area (Å²) in [6.07, 6.45) is 0. The number of guanidine groups is 1. The second-order valence-corrected chi connectivity index (χ2v) is 5.99. The minimum atomic E-state index is -2.96. The molecule has 2 rings (SSSR count). The molecule has 0 aromatic heterocycles. The van der Waals surface area contributed by atoms with E-state index >= 15 is 0 Å². The topological polar surface area (TPSA) is 73.3 Å². The van der Waals surface area contributed by atoms with Gasteiger partial charge in [-0.3, -0.25) is 4.99 Å². The number of nitrogens with one attached hydrogen (secondary N) is 2. The lowest BCUT2D eigenvalue weighted by Gasteiger charge is -2.18. The van der Waals surface area contributed by atoms with Crippen molar-refractivity contribution in [1.29, 1.82) is 0 Å². The van der Waals surface area contributed by atoms with E-state index in [-0.39, 0.29) is 18.0 Å². The van der Waals surface area contributed by atoms with E-state index in [2.05, 4.69) is 15.6 Å². The van der Waals surface area contributed by atoms with Gasteiger partial charge in [0.2, 0.25) is 0 Å². The standard InChI is InChI=1S/C21H27F2N3O4/c1-5-29-17-11-7-9-15(19(17)30-20(22)23)13-26-21(24-2)25-12-14-8-6-10-16(27-3)18(14)28-4/h6-11,20H,5,12-13H2,1-4H3,(H2,24,25,26). The van der Waals surface area contributed by atoms with Crippen molar-refractivity contribution in [3.63, 3.8) is 0 Å². The Balaban J connectivity index is 2.09. The number of rotatable bonds is 10. The molecule has 164 valence electrons. The molecule has 0 unspecified atom stereocenters. The largest absolute Gasteiger partial charge is 0.493 e. The molecule has 9 heteroatoms. The van der Waals surface area contributed by atoms with Crippen molar-refractivity contribution in [3.05, 3.63) is 47.5 Å². The van der Waals surface area contributed by atoms with E-state index < -0.39 is 6.61 Å². The van der Waals surface area contributed by atoms with Gasteiger partial charge in [-0.2, -0.15) is 8.78 Å².